The highest BCUT2D eigenvalue weighted by Crippen LogP contribution is 2.19. The van der Waals surface area contributed by atoms with Gasteiger partial charge in [-0.1, -0.05) is 30.5 Å². The SMILES string of the molecule is Cc1ccc(C)c(C(=O)N[C@@H]2CCCC[C@H]2O)c1. The molecule has 3 nitrogen and oxygen atoms in total. The van der Waals surface area contributed by atoms with E-state index in [0.717, 1.165) is 36.8 Å². The molecule has 2 N–H and O–H groups in total. The Morgan fingerprint density at radius 1 is 1.28 bits per heavy atom. The number of aryl methyl sites for hydroxylation is 2. The number of benzene rings is 1. The van der Waals surface area contributed by atoms with E-state index < -0.39 is 6.10 Å². The van der Waals surface area contributed by atoms with Crippen molar-refractivity contribution in [1.82, 2.24) is 5.32 Å². The molecule has 1 amide bonds. The van der Waals surface area contributed by atoms with Gasteiger partial charge in [0.25, 0.3) is 5.91 Å². The van der Waals surface area contributed by atoms with Crippen LogP contribution in [0.25, 0.3) is 0 Å². The van der Waals surface area contributed by atoms with Crippen molar-refractivity contribution in [3.05, 3.63) is 34.9 Å². The molecule has 0 unspecified atom stereocenters. The monoisotopic (exact) mass is 247 g/mol. The van der Waals surface area contributed by atoms with Gasteiger partial charge < -0.3 is 10.4 Å². The van der Waals surface area contributed by atoms with Crippen LogP contribution in [0.5, 0.6) is 0 Å². The average Bonchev–Trinajstić information content (AvgIpc) is 2.35. The first kappa shape index (κ1) is 13.1. The fraction of sp³-hybridized carbons (Fsp3) is 0.533. The zero-order valence-corrected chi connectivity index (χ0v) is 11.1. The largest absolute Gasteiger partial charge is 0.391 e. The van der Waals surface area contributed by atoms with E-state index in [1.54, 1.807) is 0 Å². The van der Waals surface area contributed by atoms with Gasteiger partial charge in [0.1, 0.15) is 0 Å². The van der Waals surface area contributed by atoms with Crippen LogP contribution in [0.2, 0.25) is 0 Å². The summed E-state index contributed by atoms with van der Waals surface area (Å²) in [5.74, 6) is -0.0675. The molecule has 0 heterocycles. The molecule has 98 valence electrons. The summed E-state index contributed by atoms with van der Waals surface area (Å²) in [6.45, 7) is 3.91. The third kappa shape index (κ3) is 2.91. The molecule has 1 fully saturated rings. The van der Waals surface area contributed by atoms with E-state index in [9.17, 15) is 9.90 Å². The van der Waals surface area contributed by atoms with Gasteiger partial charge >= 0.3 is 0 Å². The number of amides is 1. The summed E-state index contributed by atoms with van der Waals surface area (Å²) in [6, 6.07) is 5.77. The maximum absolute atomic E-state index is 12.2. The third-order valence-corrected chi connectivity index (χ3v) is 3.68. The second kappa shape index (κ2) is 5.53. The minimum Gasteiger partial charge on any atom is -0.391 e. The Bertz CT molecular complexity index is 442. The van der Waals surface area contributed by atoms with E-state index in [1.165, 1.54) is 0 Å². The van der Waals surface area contributed by atoms with Crippen molar-refractivity contribution in [2.24, 2.45) is 0 Å². The second-order valence-corrected chi connectivity index (χ2v) is 5.25. The van der Waals surface area contributed by atoms with E-state index in [0.29, 0.717) is 5.56 Å². The van der Waals surface area contributed by atoms with Gasteiger partial charge in [-0.25, -0.2) is 0 Å². The summed E-state index contributed by atoms with van der Waals surface area (Å²) >= 11 is 0. The molecule has 1 saturated carbocycles. The van der Waals surface area contributed by atoms with E-state index >= 15 is 0 Å². The molecule has 2 atom stereocenters. The quantitative estimate of drug-likeness (QED) is 0.842. The van der Waals surface area contributed by atoms with Gasteiger partial charge in [-0.3, -0.25) is 4.79 Å². The molecule has 0 bridgehead atoms. The Hall–Kier alpha value is -1.35. The summed E-state index contributed by atoms with van der Waals surface area (Å²) in [7, 11) is 0. The molecular formula is C15H21NO2. The first-order valence-corrected chi connectivity index (χ1v) is 6.64. The number of carbonyl (C=O) groups is 1. The third-order valence-electron chi connectivity index (χ3n) is 3.68. The minimum absolute atomic E-state index is 0.0675. The Morgan fingerprint density at radius 3 is 2.72 bits per heavy atom. The van der Waals surface area contributed by atoms with Crippen LogP contribution in [-0.2, 0) is 0 Å². The van der Waals surface area contributed by atoms with Crippen LogP contribution in [0.4, 0.5) is 0 Å². The van der Waals surface area contributed by atoms with Crippen molar-refractivity contribution >= 4 is 5.91 Å². The van der Waals surface area contributed by atoms with Gasteiger partial charge in [0, 0.05) is 5.56 Å². The van der Waals surface area contributed by atoms with Gasteiger partial charge in [-0.05, 0) is 38.3 Å². The molecule has 1 aromatic rings. The van der Waals surface area contributed by atoms with Gasteiger partial charge in [0.05, 0.1) is 12.1 Å². The molecule has 0 aliphatic heterocycles. The minimum atomic E-state index is -0.396. The first-order chi connectivity index (χ1) is 8.58. The molecule has 1 aliphatic rings. The maximum atomic E-state index is 12.2. The van der Waals surface area contributed by atoms with Crippen LogP contribution in [-0.4, -0.2) is 23.2 Å². The zero-order chi connectivity index (χ0) is 13.1. The highest BCUT2D eigenvalue weighted by atomic mass is 16.3. The molecule has 0 spiro atoms. The highest BCUT2D eigenvalue weighted by Gasteiger charge is 2.25. The topological polar surface area (TPSA) is 49.3 Å². The molecular weight excluding hydrogens is 226 g/mol. The van der Waals surface area contributed by atoms with E-state index in [1.807, 2.05) is 32.0 Å². The summed E-state index contributed by atoms with van der Waals surface area (Å²) < 4.78 is 0. The number of rotatable bonds is 2. The number of carbonyl (C=O) groups excluding carboxylic acids is 1. The molecule has 0 radical (unpaired) electrons. The highest BCUT2D eigenvalue weighted by molar-refractivity contribution is 5.96. The standard InChI is InChI=1S/C15H21NO2/c1-10-7-8-11(2)12(9-10)15(18)16-13-5-3-4-6-14(13)17/h7-9,13-14,17H,3-6H2,1-2H3,(H,16,18)/t13-,14-/m1/s1. The van der Waals surface area contributed by atoms with Crippen LogP contribution in [0.3, 0.4) is 0 Å². The van der Waals surface area contributed by atoms with E-state index in [2.05, 4.69) is 5.32 Å². The molecule has 0 saturated heterocycles. The van der Waals surface area contributed by atoms with Crippen LogP contribution < -0.4 is 5.32 Å². The Labute approximate surface area is 108 Å². The van der Waals surface area contributed by atoms with Gasteiger partial charge in [0.15, 0.2) is 0 Å². The number of hydrogen-bond acceptors (Lipinski definition) is 2. The summed E-state index contributed by atoms with van der Waals surface area (Å²) in [5.41, 5.74) is 2.77. The number of aliphatic hydroxyl groups is 1. The lowest BCUT2D eigenvalue weighted by molar-refractivity contribution is 0.0717. The van der Waals surface area contributed by atoms with Crippen molar-refractivity contribution in [2.45, 2.75) is 51.7 Å². The Morgan fingerprint density at radius 2 is 2.00 bits per heavy atom. The molecule has 2 rings (SSSR count). The molecule has 1 aromatic carbocycles. The van der Waals surface area contributed by atoms with Gasteiger partial charge in [-0.2, -0.15) is 0 Å². The zero-order valence-electron chi connectivity index (χ0n) is 11.1. The molecule has 18 heavy (non-hydrogen) atoms. The van der Waals surface area contributed by atoms with Gasteiger partial charge in [-0.15, -0.1) is 0 Å². The predicted molar refractivity (Wildman–Crippen MR) is 71.6 cm³/mol. The van der Waals surface area contributed by atoms with Crippen LogP contribution in [0.1, 0.15) is 47.2 Å². The number of aliphatic hydroxyl groups excluding tert-OH is 1. The lowest BCUT2D eigenvalue weighted by atomic mass is 9.92. The van der Waals surface area contributed by atoms with Gasteiger partial charge in [0.2, 0.25) is 0 Å². The number of hydrogen-bond donors (Lipinski definition) is 2. The molecule has 3 heteroatoms. The Balaban J connectivity index is 2.09. The maximum Gasteiger partial charge on any atom is 0.251 e. The lowest BCUT2D eigenvalue weighted by Gasteiger charge is -2.28. The second-order valence-electron chi connectivity index (χ2n) is 5.25. The normalized spacial score (nSPS) is 23.7. The fourth-order valence-corrected chi connectivity index (χ4v) is 2.51. The van der Waals surface area contributed by atoms with Crippen LogP contribution in [0.15, 0.2) is 18.2 Å². The molecule has 1 aliphatic carbocycles. The first-order valence-electron chi connectivity index (χ1n) is 6.64. The number of nitrogens with one attached hydrogen (secondary N) is 1. The van der Waals surface area contributed by atoms with Crippen molar-refractivity contribution in [3.63, 3.8) is 0 Å². The average molecular weight is 247 g/mol. The fourth-order valence-electron chi connectivity index (χ4n) is 2.51. The smallest absolute Gasteiger partial charge is 0.251 e. The van der Waals surface area contributed by atoms with Crippen molar-refractivity contribution in [3.8, 4) is 0 Å². The van der Waals surface area contributed by atoms with E-state index in [4.69, 9.17) is 0 Å². The van der Waals surface area contributed by atoms with Crippen LogP contribution >= 0.6 is 0 Å². The van der Waals surface area contributed by atoms with Crippen molar-refractivity contribution in [1.29, 1.82) is 0 Å². The summed E-state index contributed by atoms with van der Waals surface area (Å²) in [5, 5.41) is 12.8. The van der Waals surface area contributed by atoms with Crippen LogP contribution in [0, 0.1) is 13.8 Å². The summed E-state index contributed by atoms with van der Waals surface area (Å²) in [4.78, 5) is 12.2. The predicted octanol–water partition coefficient (Wildman–Crippen LogP) is 2.34. The van der Waals surface area contributed by atoms with E-state index in [-0.39, 0.29) is 11.9 Å². The van der Waals surface area contributed by atoms with Crippen molar-refractivity contribution < 1.29 is 9.90 Å². The lowest BCUT2D eigenvalue weighted by Crippen LogP contribution is -2.45. The Kier molecular flexibility index (Phi) is 4.02. The summed E-state index contributed by atoms with van der Waals surface area (Å²) in [6.07, 6.45) is 3.40. The molecule has 0 aromatic heterocycles. The van der Waals surface area contributed by atoms with Crippen molar-refractivity contribution in [2.75, 3.05) is 0 Å².